The normalized spacial score (nSPS) is 17.9. The van der Waals surface area contributed by atoms with E-state index in [1.807, 2.05) is 24.0 Å². The van der Waals surface area contributed by atoms with E-state index >= 15 is 0 Å². The van der Waals surface area contributed by atoms with Crippen LogP contribution in [-0.4, -0.2) is 39.4 Å². The zero-order chi connectivity index (χ0) is 14.1. The van der Waals surface area contributed by atoms with Gasteiger partial charge in [-0.15, -0.1) is 0 Å². The molecule has 1 fully saturated rings. The molecule has 4 nitrogen and oxygen atoms in total. The van der Waals surface area contributed by atoms with Gasteiger partial charge >= 0.3 is 0 Å². The Morgan fingerprint density at radius 1 is 1.35 bits per heavy atom. The fraction of sp³-hybridized carbons (Fsp3) is 0.400. The lowest BCUT2D eigenvalue weighted by molar-refractivity contribution is 0.0401. The Morgan fingerprint density at radius 2 is 2.05 bits per heavy atom. The summed E-state index contributed by atoms with van der Waals surface area (Å²) in [5.74, 6) is -0.279. The lowest BCUT2D eigenvalue weighted by Gasteiger charge is -2.40. The van der Waals surface area contributed by atoms with Gasteiger partial charge in [0.15, 0.2) is 0 Å². The highest BCUT2D eigenvalue weighted by molar-refractivity contribution is 5.19. The van der Waals surface area contributed by atoms with Crippen LogP contribution in [0.2, 0.25) is 0 Å². The monoisotopic (exact) mass is 275 g/mol. The standard InChI is InChI=1S/C15H18FN3O/c1-11-6-17-19(7-11)14-8-18(9-14)10-15(20)12-2-4-13(16)5-3-12/h2-7,14-15,20H,8-10H2,1H3/t15-/m1/s1. The van der Waals surface area contributed by atoms with Gasteiger partial charge in [0, 0.05) is 25.8 Å². The van der Waals surface area contributed by atoms with Crippen LogP contribution in [0.4, 0.5) is 4.39 Å². The van der Waals surface area contributed by atoms with Crippen LogP contribution in [0.1, 0.15) is 23.3 Å². The number of hydrogen-bond donors (Lipinski definition) is 1. The van der Waals surface area contributed by atoms with E-state index in [-0.39, 0.29) is 5.82 Å². The number of nitrogens with zero attached hydrogens (tertiary/aromatic N) is 3. The van der Waals surface area contributed by atoms with E-state index < -0.39 is 6.10 Å². The first-order chi connectivity index (χ1) is 9.61. The van der Waals surface area contributed by atoms with Crippen LogP contribution < -0.4 is 0 Å². The summed E-state index contributed by atoms with van der Waals surface area (Å²) in [6, 6.07) is 6.42. The van der Waals surface area contributed by atoms with Crippen molar-refractivity contribution in [3.05, 3.63) is 53.6 Å². The van der Waals surface area contributed by atoms with Gasteiger partial charge in [-0.05, 0) is 30.2 Å². The van der Waals surface area contributed by atoms with Gasteiger partial charge in [0.25, 0.3) is 0 Å². The van der Waals surface area contributed by atoms with Gasteiger partial charge in [0.2, 0.25) is 0 Å². The molecule has 0 unspecified atom stereocenters. The van der Waals surface area contributed by atoms with Crippen molar-refractivity contribution in [1.82, 2.24) is 14.7 Å². The summed E-state index contributed by atoms with van der Waals surface area (Å²) in [5.41, 5.74) is 1.92. The topological polar surface area (TPSA) is 41.3 Å². The first kappa shape index (κ1) is 13.3. The van der Waals surface area contributed by atoms with Gasteiger partial charge in [-0.3, -0.25) is 9.58 Å². The summed E-state index contributed by atoms with van der Waals surface area (Å²) >= 11 is 0. The molecule has 1 atom stereocenters. The average molecular weight is 275 g/mol. The number of hydrogen-bond acceptors (Lipinski definition) is 3. The Morgan fingerprint density at radius 3 is 2.65 bits per heavy atom. The molecular weight excluding hydrogens is 257 g/mol. The predicted molar refractivity (Wildman–Crippen MR) is 73.8 cm³/mol. The van der Waals surface area contributed by atoms with Crippen LogP contribution in [0.25, 0.3) is 0 Å². The third kappa shape index (κ3) is 2.73. The predicted octanol–water partition coefficient (Wildman–Crippen LogP) is 1.92. The number of β-amino-alcohol motifs (C(OH)–C–C–N with tert-alkyl or cyclic N) is 1. The van der Waals surface area contributed by atoms with Gasteiger partial charge in [-0.1, -0.05) is 12.1 Å². The fourth-order valence-corrected chi connectivity index (χ4v) is 2.53. The van der Waals surface area contributed by atoms with Gasteiger partial charge in [-0.2, -0.15) is 5.10 Å². The summed E-state index contributed by atoms with van der Waals surface area (Å²) in [4.78, 5) is 2.18. The van der Waals surface area contributed by atoms with E-state index in [0.717, 1.165) is 24.2 Å². The number of aryl methyl sites for hydroxylation is 1. The molecule has 0 radical (unpaired) electrons. The van der Waals surface area contributed by atoms with Crippen LogP contribution in [0.3, 0.4) is 0 Å². The van der Waals surface area contributed by atoms with Crippen molar-refractivity contribution >= 4 is 0 Å². The second kappa shape index (κ2) is 5.34. The summed E-state index contributed by atoms with van der Waals surface area (Å²) < 4.78 is 14.8. The number of aliphatic hydroxyl groups is 1. The van der Waals surface area contributed by atoms with Crippen LogP contribution in [0.15, 0.2) is 36.7 Å². The largest absolute Gasteiger partial charge is 0.387 e. The van der Waals surface area contributed by atoms with Crippen molar-refractivity contribution < 1.29 is 9.50 Å². The minimum absolute atomic E-state index is 0.279. The number of likely N-dealkylation sites (tertiary alicyclic amines) is 1. The zero-order valence-corrected chi connectivity index (χ0v) is 11.4. The number of benzene rings is 1. The lowest BCUT2D eigenvalue weighted by Crippen LogP contribution is -2.49. The minimum Gasteiger partial charge on any atom is -0.387 e. The smallest absolute Gasteiger partial charge is 0.123 e. The third-order valence-electron chi connectivity index (χ3n) is 3.73. The van der Waals surface area contributed by atoms with Gasteiger partial charge in [0.05, 0.1) is 18.3 Å². The zero-order valence-electron chi connectivity index (χ0n) is 11.4. The molecule has 3 rings (SSSR count). The molecule has 1 aromatic heterocycles. The molecule has 0 bridgehead atoms. The number of aromatic nitrogens is 2. The molecule has 20 heavy (non-hydrogen) atoms. The van der Waals surface area contributed by atoms with E-state index in [0.29, 0.717) is 12.6 Å². The second-order valence-electron chi connectivity index (χ2n) is 5.44. The first-order valence-electron chi connectivity index (χ1n) is 6.78. The lowest BCUT2D eigenvalue weighted by atomic mass is 10.0. The number of aliphatic hydroxyl groups excluding tert-OH is 1. The quantitative estimate of drug-likeness (QED) is 0.927. The van der Waals surface area contributed by atoms with E-state index in [9.17, 15) is 9.50 Å². The molecule has 106 valence electrons. The molecule has 1 saturated heterocycles. The Hall–Kier alpha value is -1.72. The highest BCUT2D eigenvalue weighted by Gasteiger charge is 2.30. The van der Waals surface area contributed by atoms with Crippen molar-refractivity contribution in [2.45, 2.75) is 19.1 Å². The highest BCUT2D eigenvalue weighted by atomic mass is 19.1. The minimum atomic E-state index is -0.573. The first-order valence-corrected chi connectivity index (χ1v) is 6.78. The van der Waals surface area contributed by atoms with Crippen molar-refractivity contribution in [1.29, 1.82) is 0 Å². The van der Waals surface area contributed by atoms with Crippen LogP contribution >= 0.6 is 0 Å². The Bertz CT molecular complexity index is 575. The van der Waals surface area contributed by atoms with Gasteiger partial charge < -0.3 is 5.11 Å². The molecule has 0 spiro atoms. The van der Waals surface area contributed by atoms with Crippen molar-refractivity contribution in [3.8, 4) is 0 Å². The Kier molecular flexibility index (Phi) is 3.54. The molecular formula is C15H18FN3O. The molecule has 1 aromatic carbocycles. The molecule has 2 aromatic rings. The van der Waals surface area contributed by atoms with Gasteiger partial charge in [0.1, 0.15) is 5.82 Å². The maximum Gasteiger partial charge on any atom is 0.123 e. The summed E-state index contributed by atoms with van der Waals surface area (Å²) in [5, 5.41) is 14.4. The number of halogens is 1. The van der Waals surface area contributed by atoms with Crippen molar-refractivity contribution in [2.75, 3.05) is 19.6 Å². The summed E-state index contributed by atoms with van der Waals surface area (Å²) in [6.07, 6.45) is 3.32. The third-order valence-corrected chi connectivity index (χ3v) is 3.73. The molecule has 5 heteroatoms. The number of rotatable bonds is 4. The van der Waals surface area contributed by atoms with E-state index in [1.165, 1.54) is 12.1 Å². The molecule has 0 amide bonds. The Balaban J connectivity index is 1.52. The molecule has 1 aliphatic rings. The van der Waals surface area contributed by atoms with Crippen LogP contribution in [-0.2, 0) is 0 Å². The average Bonchev–Trinajstić information content (AvgIpc) is 2.80. The Labute approximate surface area is 117 Å². The molecule has 0 aliphatic carbocycles. The molecule has 0 saturated carbocycles. The fourth-order valence-electron chi connectivity index (χ4n) is 2.53. The van der Waals surface area contributed by atoms with Crippen molar-refractivity contribution in [3.63, 3.8) is 0 Å². The second-order valence-corrected chi connectivity index (χ2v) is 5.44. The molecule has 1 N–H and O–H groups in total. The molecule has 2 heterocycles. The van der Waals surface area contributed by atoms with Crippen LogP contribution in [0, 0.1) is 12.7 Å². The van der Waals surface area contributed by atoms with Crippen molar-refractivity contribution in [2.24, 2.45) is 0 Å². The van der Waals surface area contributed by atoms with Gasteiger partial charge in [-0.25, -0.2) is 4.39 Å². The maximum atomic E-state index is 12.8. The van der Waals surface area contributed by atoms with E-state index in [2.05, 4.69) is 10.00 Å². The summed E-state index contributed by atoms with van der Waals surface area (Å²) in [7, 11) is 0. The maximum absolute atomic E-state index is 12.8. The highest BCUT2D eigenvalue weighted by Crippen LogP contribution is 2.24. The summed E-state index contributed by atoms with van der Waals surface area (Å²) in [6.45, 7) is 4.37. The molecule has 1 aliphatic heterocycles. The SMILES string of the molecule is Cc1cnn(C2CN(C[C@@H](O)c3ccc(F)cc3)C2)c1. The van der Waals surface area contributed by atoms with Crippen LogP contribution in [0.5, 0.6) is 0 Å². The van der Waals surface area contributed by atoms with E-state index in [1.54, 1.807) is 12.1 Å². The van der Waals surface area contributed by atoms with E-state index in [4.69, 9.17) is 0 Å².